The Kier molecular flexibility index (Phi) is 15.2. The quantitative estimate of drug-likeness (QED) is 0.203. The van der Waals surface area contributed by atoms with Crippen molar-refractivity contribution >= 4 is 12.1 Å². The highest BCUT2D eigenvalue weighted by molar-refractivity contribution is 5.93. The van der Waals surface area contributed by atoms with Crippen LogP contribution in [0.15, 0.2) is 0 Å². The molecule has 1 atom stereocenters. The standard InChI is InChI=1S/C19H36O2/c1-3-5-7-9-11-13-15-18(17-20)19(21)16-14-12-10-8-6-4-2/h17-18H,3-16H2,1-2H3. The zero-order valence-corrected chi connectivity index (χ0v) is 14.4. The average molecular weight is 296 g/mol. The second-order valence-corrected chi connectivity index (χ2v) is 6.28. The van der Waals surface area contributed by atoms with E-state index in [1.165, 1.54) is 51.4 Å². The highest BCUT2D eigenvalue weighted by Gasteiger charge is 2.16. The SMILES string of the molecule is CCCCCCCCC(=O)C(C=O)CCCCCCCC. The van der Waals surface area contributed by atoms with Crippen LogP contribution in [0.2, 0.25) is 0 Å². The van der Waals surface area contributed by atoms with Crippen LogP contribution in [0.3, 0.4) is 0 Å². The lowest BCUT2D eigenvalue weighted by Gasteiger charge is -2.09. The van der Waals surface area contributed by atoms with E-state index in [9.17, 15) is 9.59 Å². The Hall–Kier alpha value is -0.660. The molecule has 0 saturated heterocycles. The largest absolute Gasteiger partial charge is 0.303 e. The Morgan fingerprint density at radius 2 is 1.24 bits per heavy atom. The molecule has 0 saturated carbocycles. The van der Waals surface area contributed by atoms with Crippen LogP contribution in [-0.4, -0.2) is 12.1 Å². The second-order valence-electron chi connectivity index (χ2n) is 6.28. The van der Waals surface area contributed by atoms with Gasteiger partial charge in [0.1, 0.15) is 12.1 Å². The third-order valence-electron chi connectivity index (χ3n) is 4.22. The fraction of sp³-hybridized carbons (Fsp3) is 0.895. The molecule has 0 spiro atoms. The van der Waals surface area contributed by atoms with Crippen molar-refractivity contribution in [3.63, 3.8) is 0 Å². The molecule has 0 amide bonds. The van der Waals surface area contributed by atoms with Crippen LogP contribution >= 0.6 is 0 Å². The first-order valence-corrected chi connectivity index (χ1v) is 9.24. The molecule has 2 nitrogen and oxygen atoms in total. The number of carbonyl (C=O) groups is 2. The van der Waals surface area contributed by atoms with Crippen LogP contribution in [0.25, 0.3) is 0 Å². The molecule has 0 fully saturated rings. The van der Waals surface area contributed by atoms with Crippen molar-refractivity contribution < 1.29 is 9.59 Å². The number of Topliss-reactive ketones (excluding diaryl/α,β-unsaturated/α-hetero) is 1. The molecular formula is C19H36O2. The van der Waals surface area contributed by atoms with E-state index in [0.29, 0.717) is 6.42 Å². The highest BCUT2D eigenvalue weighted by Crippen LogP contribution is 2.15. The van der Waals surface area contributed by atoms with E-state index in [1.54, 1.807) is 0 Å². The lowest BCUT2D eigenvalue weighted by Crippen LogP contribution is -2.15. The minimum absolute atomic E-state index is 0.175. The van der Waals surface area contributed by atoms with Gasteiger partial charge in [0.2, 0.25) is 0 Å². The minimum atomic E-state index is -0.327. The summed E-state index contributed by atoms with van der Waals surface area (Å²) in [6.45, 7) is 4.42. The first kappa shape index (κ1) is 20.3. The van der Waals surface area contributed by atoms with Gasteiger partial charge >= 0.3 is 0 Å². The molecule has 0 heterocycles. The topological polar surface area (TPSA) is 34.1 Å². The van der Waals surface area contributed by atoms with E-state index in [4.69, 9.17) is 0 Å². The van der Waals surface area contributed by atoms with E-state index in [-0.39, 0.29) is 11.7 Å². The summed E-state index contributed by atoms with van der Waals surface area (Å²) in [5, 5.41) is 0. The number of hydrogen-bond acceptors (Lipinski definition) is 2. The molecule has 0 aliphatic rings. The van der Waals surface area contributed by atoms with Crippen LogP contribution in [0.4, 0.5) is 0 Å². The summed E-state index contributed by atoms with van der Waals surface area (Å²) in [6, 6.07) is 0. The smallest absolute Gasteiger partial charge is 0.143 e. The van der Waals surface area contributed by atoms with E-state index >= 15 is 0 Å². The van der Waals surface area contributed by atoms with Crippen LogP contribution in [0.1, 0.15) is 104 Å². The van der Waals surface area contributed by atoms with Gasteiger partial charge in [-0.1, -0.05) is 84.5 Å². The van der Waals surface area contributed by atoms with Gasteiger partial charge in [-0.25, -0.2) is 0 Å². The summed E-state index contributed by atoms with van der Waals surface area (Å²) in [7, 11) is 0. The second kappa shape index (κ2) is 15.7. The third kappa shape index (κ3) is 12.8. The molecule has 124 valence electrons. The molecule has 2 heteroatoms. The fourth-order valence-corrected chi connectivity index (χ4v) is 2.71. The van der Waals surface area contributed by atoms with Crippen LogP contribution < -0.4 is 0 Å². The number of carbonyl (C=O) groups excluding carboxylic acids is 2. The lowest BCUT2D eigenvalue weighted by molar-refractivity contribution is -0.127. The first-order valence-electron chi connectivity index (χ1n) is 9.24. The van der Waals surface area contributed by atoms with Crippen molar-refractivity contribution in [1.82, 2.24) is 0 Å². The zero-order valence-electron chi connectivity index (χ0n) is 14.4. The van der Waals surface area contributed by atoms with E-state index in [0.717, 1.165) is 38.4 Å². The first-order chi connectivity index (χ1) is 10.3. The summed E-state index contributed by atoms with van der Waals surface area (Å²) in [6.07, 6.45) is 16.7. The lowest BCUT2D eigenvalue weighted by atomic mass is 9.94. The van der Waals surface area contributed by atoms with Gasteiger partial charge in [-0.15, -0.1) is 0 Å². The summed E-state index contributed by atoms with van der Waals surface area (Å²) in [5.74, 6) is -0.152. The maximum absolute atomic E-state index is 12.0. The van der Waals surface area contributed by atoms with Crippen LogP contribution in [0.5, 0.6) is 0 Å². The number of rotatable bonds is 16. The van der Waals surface area contributed by atoms with Crippen molar-refractivity contribution in [3.05, 3.63) is 0 Å². The van der Waals surface area contributed by atoms with Gasteiger partial charge in [0.15, 0.2) is 0 Å². The molecule has 0 N–H and O–H groups in total. The average Bonchev–Trinajstić information content (AvgIpc) is 2.50. The summed E-state index contributed by atoms with van der Waals surface area (Å²) >= 11 is 0. The highest BCUT2D eigenvalue weighted by atomic mass is 16.1. The molecule has 0 aromatic rings. The molecule has 0 aromatic carbocycles. The van der Waals surface area contributed by atoms with Crippen molar-refractivity contribution in [1.29, 1.82) is 0 Å². The molecule has 1 unspecified atom stereocenters. The van der Waals surface area contributed by atoms with E-state index < -0.39 is 0 Å². The van der Waals surface area contributed by atoms with Gasteiger partial charge in [-0.3, -0.25) is 4.79 Å². The summed E-state index contributed by atoms with van der Waals surface area (Å²) in [4.78, 5) is 23.1. The van der Waals surface area contributed by atoms with Gasteiger partial charge in [-0.05, 0) is 12.8 Å². The summed E-state index contributed by atoms with van der Waals surface area (Å²) in [5.41, 5.74) is 0. The minimum Gasteiger partial charge on any atom is -0.303 e. The molecule has 0 bridgehead atoms. The van der Waals surface area contributed by atoms with Crippen LogP contribution in [-0.2, 0) is 9.59 Å². The maximum Gasteiger partial charge on any atom is 0.143 e. The van der Waals surface area contributed by atoms with Crippen LogP contribution in [0, 0.1) is 5.92 Å². The molecule has 0 aliphatic carbocycles. The van der Waals surface area contributed by atoms with Gasteiger partial charge in [-0.2, -0.15) is 0 Å². The molecule has 21 heavy (non-hydrogen) atoms. The molecule has 0 rings (SSSR count). The number of ketones is 1. The number of hydrogen-bond donors (Lipinski definition) is 0. The van der Waals surface area contributed by atoms with Gasteiger partial charge in [0.25, 0.3) is 0 Å². The number of aldehydes is 1. The van der Waals surface area contributed by atoms with E-state index in [1.807, 2.05) is 0 Å². The Balaban J connectivity index is 3.59. The Morgan fingerprint density at radius 3 is 1.76 bits per heavy atom. The van der Waals surface area contributed by atoms with Gasteiger partial charge in [0, 0.05) is 6.42 Å². The third-order valence-corrected chi connectivity index (χ3v) is 4.22. The molecular weight excluding hydrogens is 260 g/mol. The van der Waals surface area contributed by atoms with Gasteiger partial charge in [0.05, 0.1) is 5.92 Å². The Labute approximate surface area is 132 Å². The normalized spacial score (nSPS) is 12.3. The Morgan fingerprint density at radius 1 is 0.762 bits per heavy atom. The zero-order chi connectivity index (χ0) is 15.8. The number of unbranched alkanes of at least 4 members (excludes halogenated alkanes) is 10. The van der Waals surface area contributed by atoms with Crippen molar-refractivity contribution in [3.8, 4) is 0 Å². The van der Waals surface area contributed by atoms with Crippen molar-refractivity contribution in [2.24, 2.45) is 5.92 Å². The van der Waals surface area contributed by atoms with Crippen molar-refractivity contribution in [2.45, 2.75) is 104 Å². The maximum atomic E-state index is 12.0. The molecule has 0 aliphatic heterocycles. The summed E-state index contributed by atoms with van der Waals surface area (Å²) < 4.78 is 0. The fourth-order valence-electron chi connectivity index (χ4n) is 2.71. The van der Waals surface area contributed by atoms with E-state index in [2.05, 4.69) is 13.8 Å². The predicted octanol–water partition coefficient (Wildman–Crippen LogP) is 5.87. The van der Waals surface area contributed by atoms with Crippen molar-refractivity contribution in [2.75, 3.05) is 0 Å². The predicted molar refractivity (Wildman–Crippen MR) is 90.5 cm³/mol. The molecule has 0 radical (unpaired) electrons. The monoisotopic (exact) mass is 296 g/mol. The Bertz CT molecular complexity index is 248. The van der Waals surface area contributed by atoms with Gasteiger partial charge < -0.3 is 4.79 Å². The molecule has 0 aromatic heterocycles.